The molecule has 1 aromatic heterocycles. The molecule has 0 aliphatic heterocycles. The predicted molar refractivity (Wildman–Crippen MR) is 83.5 cm³/mol. The van der Waals surface area contributed by atoms with E-state index in [2.05, 4.69) is 21.3 Å². The van der Waals surface area contributed by atoms with Crippen LogP contribution in [-0.4, -0.2) is 10.1 Å². The monoisotopic (exact) mass is 277 g/mol. The van der Waals surface area contributed by atoms with E-state index in [1.54, 1.807) is 18.3 Å². The zero-order valence-corrected chi connectivity index (χ0v) is 11.9. The Kier molecular flexibility index (Phi) is 3.36. The van der Waals surface area contributed by atoms with Gasteiger partial charge in [0.25, 0.3) is 0 Å². The van der Waals surface area contributed by atoms with Crippen LogP contribution in [0.5, 0.6) is 5.75 Å². The fraction of sp³-hybridized carbons (Fsp3) is 0.118. The van der Waals surface area contributed by atoms with Crippen molar-refractivity contribution in [3.05, 3.63) is 59.8 Å². The normalized spacial score (nSPS) is 11.3. The van der Waals surface area contributed by atoms with E-state index in [0.29, 0.717) is 11.2 Å². The summed E-state index contributed by atoms with van der Waals surface area (Å²) in [6.07, 6.45) is 1.65. The summed E-state index contributed by atoms with van der Waals surface area (Å²) in [6, 6.07) is 13.1. The molecule has 0 fully saturated rings. The van der Waals surface area contributed by atoms with Crippen molar-refractivity contribution < 1.29 is 5.11 Å². The molecule has 0 bridgehead atoms. The van der Waals surface area contributed by atoms with Gasteiger partial charge in [0.15, 0.2) is 0 Å². The summed E-state index contributed by atoms with van der Waals surface area (Å²) in [5.74, 6) is 0.149. The zero-order chi connectivity index (χ0) is 14.8. The molecule has 4 heteroatoms. The highest BCUT2D eigenvalue weighted by Crippen LogP contribution is 2.32. The fourth-order valence-electron chi connectivity index (χ4n) is 2.35. The van der Waals surface area contributed by atoms with E-state index >= 15 is 0 Å². The van der Waals surface area contributed by atoms with E-state index in [0.717, 1.165) is 22.2 Å². The minimum atomic E-state index is 0.149. The number of aromatic hydroxyl groups is 1. The number of azo groups is 1. The number of nitrogens with zero attached hydrogens (tertiary/aromatic N) is 3. The first-order valence-corrected chi connectivity index (χ1v) is 6.70. The standard InChI is InChI=1S/C17H15N3O/c1-11-8-12(2)10-13(9-11)19-20-15-5-6-16(21)17-14(15)4-3-7-18-17/h3-10,21H,1-2H3. The third-order valence-corrected chi connectivity index (χ3v) is 3.21. The van der Waals surface area contributed by atoms with Crippen LogP contribution in [0.2, 0.25) is 0 Å². The lowest BCUT2D eigenvalue weighted by Crippen LogP contribution is -1.79. The van der Waals surface area contributed by atoms with Crippen molar-refractivity contribution in [1.82, 2.24) is 4.98 Å². The number of hydrogen-bond acceptors (Lipinski definition) is 4. The number of aryl methyl sites for hydroxylation is 2. The lowest BCUT2D eigenvalue weighted by molar-refractivity contribution is 0.480. The third-order valence-electron chi connectivity index (χ3n) is 3.21. The van der Waals surface area contributed by atoms with Crippen LogP contribution in [-0.2, 0) is 0 Å². The molecule has 0 atom stereocenters. The van der Waals surface area contributed by atoms with E-state index in [4.69, 9.17) is 0 Å². The molecule has 0 aliphatic carbocycles. The minimum absolute atomic E-state index is 0.149. The average molecular weight is 277 g/mol. The van der Waals surface area contributed by atoms with E-state index in [-0.39, 0.29) is 5.75 Å². The smallest absolute Gasteiger partial charge is 0.141 e. The van der Waals surface area contributed by atoms with Gasteiger partial charge < -0.3 is 5.11 Å². The molecule has 2 aromatic carbocycles. The van der Waals surface area contributed by atoms with Gasteiger partial charge in [-0.2, -0.15) is 5.11 Å². The van der Waals surface area contributed by atoms with E-state index < -0.39 is 0 Å². The van der Waals surface area contributed by atoms with Crippen LogP contribution in [0.15, 0.2) is 58.9 Å². The Hall–Kier alpha value is -2.75. The number of phenols is 1. The lowest BCUT2D eigenvalue weighted by atomic mass is 10.1. The van der Waals surface area contributed by atoms with Gasteiger partial charge in [0.05, 0.1) is 11.4 Å². The van der Waals surface area contributed by atoms with Gasteiger partial charge >= 0.3 is 0 Å². The van der Waals surface area contributed by atoms with E-state index in [1.165, 1.54) is 0 Å². The number of rotatable bonds is 2. The summed E-state index contributed by atoms with van der Waals surface area (Å²) in [7, 11) is 0. The van der Waals surface area contributed by atoms with Gasteiger partial charge in [-0.1, -0.05) is 6.07 Å². The summed E-state index contributed by atoms with van der Waals surface area (Å²) >= 11 is 0. The second-order valence-corrected chi connectivity index (χ2v) is 5.05. The summed E-state index contributed by atoms with van der Waals surface area (Å²) < 4.78 is 0. The SMILES string of the molecule is Cc1cc(C)cc(N=Nc2ccc(O)c3ncccc23)c1. The molecular formula is C17H15N3O. The number of fused-ring (bicyclic) bond motifs is 1. The van der Waals surface area contributed by atoms with Gasteiger partial charge in [0, 0.05) is 11.6 Å². The Morgan fingerprint density at radius 1 is 0.952 bits per heavy atom. The van der Waals surface area contributed by atoms with Gasteiger partial charge in [0.1, 0.15) is 11.3 Å². The number of benzene rings is 2. The van der Waals surface area contributed by atoms with Crippen molar-refractivity contribution in [2.24, 2.45) is 10.2 Å². The topological polar surface area (TPSA) is 57.8 Å². The van der Waals surface area contributed by atoms with Gasteiger partial charge in [-0.15, -0.1) is 5.11 Å². The summed E-state index contributed by atoms with van der Waals surface area (Å²) in [5.41, 5.74) is 4.35. The minimum Gasteiger partial charge on any atom is -0.506 e. The third kappa shape index (κ3) is 2.74. The summed E-state index contributed by atoms with van der Waals surface area (Å²) in [5, 5.41) is 19.2. The van der Waals surface area contributed by atoms with Crippen LogP contribution < -0.4 is 0 Å². The molecule has 1 heterocycles. The maximum atomic E-state index is 9.82. The van der Waals surface area contributed by atoms with Crippen LogP contribution in [0.4, 0.5) is 11.4 Å². The molecule has 3 rings (SSSR count). The molecule has 104 valence electrons. The number of aromatic nitrogens is 1. The Morgan fingerprint density at radius 3 is 2.48 bits per heavy atom. The second-order valence-electron chi connectivity index (χ2n) is 5.05. The highest BCUT2D eigenvalue weighted by Gasteiger charge is 2.05. The summed E-state index contributed by atoms with van der Waals surface area (Å²) in [4.78, 5) is 4.17. The van der Waals surface area contributed by atoms with Crippen LogP contribution >= 0.6 is 0 Å². The molecule has 4 nitrogen and oxygen atoms in total. The first kappa shape index (κ1) is 13.2. The van der Waals surface area contributed by atoms with Gasteiger partial charge in [-0.05, 0) is 61.4 Å². The van der Waals surface area contributed by atoms with Crippen LogP contribution in [0.25, 0.3) is 10.9 Å². The van der Waals surface area contributed by atoms with Gasteiger partial charge in [-0.25, -0.2) is 0 Å². The fourth-order valence-corrected chi connectivity index (χ4v) is 2.35. The Bertz CT molecular complexity index is 820. The van der Waals surface area contributed by atoms with Crippen LogP contribution in [0.3, 0.4) is 0 Å². The Morgan fingerprint density at radius 2 is 1.71 bits per heavy atom. The van der Waals surface area contributed by atoms with Crippen LogP contribution in [0, 0.1) is 13.8 Å². The maximum absolute atomic E-state index is 9.82. The van der Waals surface area contributed by atoms with Crippen molar-refractivity contribution in [1.29, 1.82) is 0 Å². The highest BCUT2D eigenvalue weighted by molar-refractivity contribution is 5.93. The highest BCUT2D eigenvalue weighted by atomic mass is 16.3. The Balaban J connectivity index is 2.05. The van der Waals surface area contributed by atoms with E-state index in [1.807, 2.05) is 38.1 Å². The van der Waals surface area contributed by atoms with Crippen molar-refractivity contribution in [3.63, 3.8) is 0 Å². The maximum Gasteiger partial charge on any atom is 0.141 e. The zero-order valence-electron chi connectivity index (χ0n) is 11.9. The molecule has 0 spiro atoms. The van der Waals surface area contributed by atoms with Gasteiger partial charge in [0.2, 0.25) is 0 Å². The van der Waals surface area contributed by atoms with E-state index in [9.17, 15) is 5.11 Å². The van der Waals surface area contributed by atoms with Crippen molar-refractivity contribution in [2.45, 2.75) is 13.8 Å². The first-order chi connectivity index (χ1) is 10.1. The molecule has 0 saturated heterocycles. The molecule has 3 aromatic rings. The first-order valence-electron chi connectivity index (χ1n) is 6.70. The largest absolute Gasteiger partial charge is 0.506 e. The lowest BCUT2D eigenvalue weighted by Gasteiger charge is -2.03. The number of pyridine rings is 1. The molecule has 0 unspecified atom stereocenters. The van der Waals surface area contributed by atoms with Gasteiger partial charge in [-0.3, -0.25) is 4.98 Å². The van der Waals surface area contributed by atoms with Crippen molar-refractivity contribution in [2.75, 3.05) is 0 Å². The molecular weight excluding hydrogens is 262 g/mol. The van der Waals surface area contributed by atoms with Crippen molar-refractivity contribution >= 4 is 22.3 Å². The molecule has 0 radical (unpaired) electrons. The number of hydrogen-bond donors (Lipinski definition) is 1. The molecule has 0 saturated carbocycles. The average Bonchev–Trinajstić information content (AvgIpc) is 2.46. The molecule has 0 aliphatic rings. The predicted octanol–water partition coefficient (Wildman–Crippen LogP) is 4.97. The quantitative estimate of drug-likeness (QED) is 0.672. The number of phenolic OH excluding ortho intramolecular Hbond substituents is 1. The Labute approximate surface area is 122 Å². The van der Waals surface area contributed by atoms with Crippen molar-refractivity contribution in [3.8, 4) is 5.75 Å². The molecule has 21 heavy (non-hydrogen) atoms. The molecule has 0 amide bonds. The summed E-state index contributed by atoms with van der Waals surface area (Å²) in [6.45, 7) is 4.07. The molecule has 1 N–H and O–H groups in total. The second kappa shape index (κ2) is 5.32. The van der Waals surface area contributed by atoms with Crippen LogP contribution in [0.1, 0.15) is 11.1 Å².